The number of aromatic nitrogens is 2. The molecule has 6 heteroatoms. The van der Waals surface area contributed by atoms with Crippen molar-refractivity contribution in [2.24, 2.45) is 0 Å². The van der Waals surface area contributed by atoms with Crippen LogP contribution in [0.4, 0.5) is 18.9 Å². The molecule has 1 aromatic heterocycles. The number of nitrogen functional groups attached to an aromatic ring is 1. The molecule has 0 spiro atoms. The van der Waals surface area contributed by atoms with Crippen LogP contribution in [0.2, 0.25) is 0 Å². The Morgan fingerprint density at radius 3 is 2.25 bits per heavy atom. The lowest BCUT2D eigenvalue weighted by molar-refractivity contribution is -0.145. The van der Waals surface area contributed by atoms with E-state index in [1.54, 1.807) is 48.5 Å². The van der Waals surface area contributed by atoms with Gasteiger partial charge in [0.1, 0.15) is 0 Å². The van der Waals surface area contributed by atoms with Crippen molar-refractivity contribution in [1.29, 1.82) is 0 Å². The number of nitrogens with zero attached hydrogens (tertiary/aromatic N) is 2. The topological polar surface area (TPSA) is 43.8 Å². The van der Waals surface area contributed by atoms with E-state index in [0.717, 1.165) is 4.57 Å². The first-order chi connectivity index (χ1) is 9.47. The maximum Gasteiger partial charge on any atom is 0.450 e. The normalized spacial score (nSPS) is 11.9. The Hall–Kier alpha value is -2.50. The summed E-state index contributed by atoms with van der Waals surface area (Å²) in [5, 5.41) is 0. The van der Waals surface area contributed by atoms with Gasteiger partial charge in [-0.05, 0) is 36.4 Å². The minimum absolute atomic E-state index is 0.302. The number of hydrogen-bond donors (Lipinski definition) is 1. The molecule has 2 N–H and O–H groups in total. The number of para-hydroxylation sites is 2. The lowest BCUT2D eigenvalue weighted by Crippen LogP contribution is -2.13. The highest BCUT2D eigenvalue weighted by molar-refractivity contribution is 5.78. The summed E-state index contributed by atoms with van der Waals surface area (Å²) < 4.78 is 40.5. The van der Waals surface area contributed by atoms with Gasteiger partial charge in [-0.1, -0.05) is 12.1 Å². The Morgan fingerprint density at radius 2 is 1.60 bits per heavy atom. The second-order valence-electron chi connectivity index (χ2n) is 4.35. The van der Waals surface area contributed by atoms with Gasteiger partial charge in [-0.3, -0.25) is 4.57 Å². The van der Waals surface area contributed by atoms with E-state index in [1.165, 1.54) is 0 Å². The summed E-state index contributed by atoms with van der Waals surface area (Å²) in [6, 6.07) is 12.7. The molecule has 0 saturated heterocycles. The Balaban J connectivity index is 2.34. The molecule has 0 bridgehead atoms. The van der Waals surface area contributed by atoms with Crippen LogP contribution in [-0.4, -0.2) is 9.55 Å². The van der Waals surface area contributed by atoms with E-state index < -0.39 is 12.0 Å². The molecule has 3 nitrogen and oxygen atoms in total. The van der Waals surface area contributed by atoms with Crippen LogP contribution in [0.1, 0.15) is 5.82 Å². The number of anilines is 1. The van der Waals surface area contributed by atoms with Gasteiger partial charge in [0.2, 0.25) is 5.82 Å². The van der Waals surface area contributed by atoms with Crippen molar-refractivity contribution in [3.63, 3.8) is 0 Å². The van der Waals surface area contributed by atoms with Crippen molar-refractivity contribution in [2.75, 3.05) is 5.73 Å². The van der Waals surface area contributed by atoms with Crippen LogP contribution < -0.4 is 5.73 Å². The van der Waals surface area contributed by atoms with Crippen molar-refractivity contribution in [1.82, 2.24) is 9.55 Å². The summed E-state index contributed by atoms with van der Waals surface area (Å²) in [5.41, 5.74) is 7.15. The number of imidazole rings is 1. The van der Waals surface area contributed by atoms with Gasteiger partial charge in [0.05, 0.1) is 11.0 Å². The first-order valence-corrected chi connectivity index (χ1v) is 5.87. The zero-order valence-corrected chi connectivity index (χ0v) is 10.2. The third kappa shape index (κ3) is 1.99. The summed E-state index contributed by atoms with van der Waals surface area (Å²) in [7, 11) is 0. The lowest BCUT2D eigenvalue weighted by atomic mass is 10.2. The first-order valence-electron chi connectivity index (χ1n) is 5.87. The molecule has 0 aliphatic rings. The summed E-state index contributed by atoms with van der Waals surface area (Å²) in [6.45, 7) is 0. The number of hydrogen-bond acceptors (Lipinski definition) is 2. The summed E-state index contributed by atoms with van der Waals surface area (Å²) in [4.78, 5) is 3.69. The van der Waals surface area contributed by atoms with Crippen molar-refractivity contribution in [2.45, 2.75) is 6.18 Å². The van der Waals surface area contributed by atoms with Gasteiger partial charge < -0.3 is 5.73 Å². The van der Waals surface area contributed by atoms with Gasteiger partial charge in [-0.2, -0.15) is 13.2 Å². The Bertz CT molecular complexity index is 757. The average Bonchev–Trinajstić information content (AvgIpc) is 2.79. The maximum atomic E-state index is 13.1. The molecule has 1 heterocycles. The number of halogens is 3. The third-order valence-corrected chi connectivity index (χ3v) is 2.97. The van der Waals surface area contributed by atoms with Gasteiger partial charge in [-0.15, -0.1) is 0 Å². The molecule has 0 aliphatic heterocycles. The monoisotopic (exact) mass is 277 g/mol. The van der Waals surface area contributed by atoms with Gasteiger partial charge in [-0.25, -0.2) is 4.98 Å². The van der Waals surface area contributed by atoms with Gasteiger partial charge in [0.25, 0.3) is 0 Å². The molecule has 3 aromatic rings. The predicted octanol–water partition coefficient (Wildman–Crippen LogP) is 3.63. The molecule has 0 aliphatic carbocycles. The predicted molar refractivity (Wildman–Crippen MR) is 70.5 cm³/mol. The Morgan fingerprint density at radius 1 is 0.950 bits per heavy atom. The van der Waals surface area contributed by atoms with Crippen LogP contribution in [0.15, 0.2) is 48.5 Å². The van der Waals surface area contributed by atoms with Crippen LogP contribution in [-0.2, 0) is 6.18 Å². The van der Waals surface area contributed by atoms with E-state index in [-0.39, 0.29) is 0 Å². The lowest BCUT2D eigenvalue weighted by Gasteiger charge is -2.11. The van der Waals surface area contributed by atoms with E-state index in [1.807, 2.05) is 0 Å². The van der Waals surface area contributed by atoms with Crippen LogP contribution in [0, 0.1) is 0 Å². The summed E-state index contributed by atoms with van der Waals surface area (Å²) >= 11 is 0. The van der Waals surface area contributed by atoms with Gasteiger partial charge in [0, 0.05) is 11.4 Å². The number of rotatable bonds is 1. The van der Waals surface area contributed by atoms with E-state index in [0.29, 0.717) is 22.4 Å². The van der Waals surface area contributed by atoms with Crippen molar-refractivity contribution < 1.29 is 13.2 Å². The molecule has 2 aromatic carbocycles. The van der Waals surface area contributed by atoms with Crippen LogP contribution in [0.25, 0.3) is 16.7 Å². The fraction of sp³-hybridized carbons (Fsp3) is 0.0714. The second kappa shape index (κ2) is 4.26. The fourth-order valence-electron chi connectivity index (χ4n) is 2.10. The Labute approximate surface area is 112 Å². The van der Waals surface area contributed by atoms with Gasteiger partial charge >= 0.3 is 6.18 Å². The molecule has 3 rings (SSSR count). The Kier molecular flexibility index (Phi) is 2.67. The highest BCUT2D eigenvalue weighted by Gasteiger charge is 2.37. The third-order valence-electron chi connectivity index (χ3n) is 2.97. The largest absolute Gasteiger partial charge is 0.450 e. The average molecular weight is 277 g/mol. The SMILES string of the molecule is Nc1ccc(-n2c(C(F)(F)F)nc3ccccc32)cc1. The molecule has 0 amide bonds. The van der Waals surface area contributed by atoms with Crippen LogP contribution in [0.3, 0.4) is 0 Å². The zero-order chi connectivity index (χ0) is 14.3. The zero-order valence-electron chi connectivity index (χ0n) is 10.2. The fourth-order valence-corrected chi connectivity index (χ4v) is 2.10. The van der Waals surface area contributed by atoms with Crippen molar-refractivity contribution >= 4 is 16.7 Å². The number of benzene rings is 2. The van der Waals surface area contributed by atoms with Crippen molar-refractivity contribution in [3.8, 4) is 5.69 Å². The summed E-state index contributed by atoms with van der Waals surface area (Å²) in [5.74, 6) is -0.941. The number of fused-ring (bicyclic) bond motifs is 1. The van der Waals surface area contributed by atoms with E-state index in [4.69, 9.17) is 5.73 Å². The molecule has 0 radical (unpaired) electrons. The van der Waals surface area contributed by atoms with E-state index >= 15 is 0 Å². The van der Waals surface area contributed by atoms with E-state index in [2.05, 4.69) is 4.98 Å². The van der Waals surface area contributed by atoms with Gasteiger partial charge in [0.15, 0.2) is 0 Å². The molecule has 0 fully saturated rings. The molecule has 0 atom stereocenters. The minimum Gasteiger partial charge on any atom is -0.399 e. The molecule has 0 saturated carbocycles. The maximum absolute atomic E-state index is 13.1. The second-order valence-corrected chi connectivity index (χ2v) is 4.35. The van der Waals surface area contributed by atoms with Crippen molar-refractivity contribution in [3.05, 3.63) is 54.4 Å². The van der Waals surface area contributed by atoms with Crippen LogP contribution in [0.5, 0.6) is 0 Å². The van der Waals surface area contributed by atoms with Crippen LogP contribution >= 0.6 is 0 Å². The minimum atomic E-state index is -4.53. The molecule has 0 unspecified atom stereocenters. The smallest absolute Gasteiger partial charge is 0.399 e. The quantitative estimate of drug-likeness (QED) is 0.690. The number of alkyl halides is 3. The molecular formula is C14H10F3N3. The highest BCUT2D eigenvalue weighted by atomic mass is 19.4. The highest BCUT2D eigenvalue weighted by Crippen LogP contribution is 2.33. The van der Waals surface area contributed by atoms with E-state index in [9.17, 15) is 13.2 Å². The first kappa shape index (κ1) is 12.5. The number of nitrogens with two attached hydrogens (primary N) is 1. The standard InChI is InChI=1S/C14H10F3N3/c15-14(16,17)13-19-11-3-1-2-4-12(11)20(13)10-7-5-9(18)6-8-10/h1-8H,18H2. The molecular weight excluding hydrogens is 267 g/mol. The molecule has 20 heavy (non-hydrogen) atoms. The molecule has 102 valence electrons. The summed E-state index contributed by atoms with van der Waals surface area (Å²) in [6.07, 6.45) is -4.53.